The molecule has 240 valence electrons. The molecule has 1 atom stereocenters. The minimum absolute atomic E-state index is 0.0543. The van der Waals surface area contributed by atoms with E-state index in [1.165, 1.54) is 11.1 Å². The number of carbonyl (C=O) groups excluding carboxylic acids is 2. The van der Waals surface area contributed by atoms with Crippen molar-refractivity contribution >= 4 is 17.6 Å². The van der Waals surface area contributed by atoms with Crippen LogP contribution in [-0.2, 0) is 37.5 Å². The number of esters is 2. The van der Waals surface area contributed by atoms with Gasteiger partial charge in [-0.3, -0.25) is 0 Å². The minimum atomic E-state index is -1.34. The normalized spacial score (nSPS) is 15.1. The Morgan fingerprint density at radius 1 is 0.822 bits per heavy atom. The lowest BCUT2D eigenvalue weighted by Crippen LogP contribution is -2.45. The molecule has 3 aromatic carbocycles. The van der Waals surface area contributed by atoms with E-state index in [2.05, 4.69) is 62.6 Å². The van der Waals surface area contributed by atoms with E-state index >= 15 is 0 Å². The summed E-state index contributed by atoms with van der Waals surface area (Å²) in [6, 6.07) is 26.0. The Kier molecular flexibility index (Phi) is 11.3. The van der Waals surface area contributed by atoms with E-state index in [-0.39, 0.29) is 22.9 Å². The predicted octanol–water partition coefficient (Wildman–Crippen LogP) is 8.19. The topological polar surface area (TPSA) is 85.9 Å². The van der Waals surface area contributed by atoms with Crippen LogP contribution in [0.15, 0.2) is 90.3 Å². The first kappa shape index (κ1) is 33.6. The standard InChI is InChI=1S/C38H48N2O5/c1-7-8-9-13-16-31(25-27-17-19-29(20-18-27)37(2,3)4)40-34(33-35(41)44-38(5,6)45-36(33)42)39-30-21-23-32(24-22-30)43-26-28-14-11-10-12-15-28/h10-12,14-15,17-24,31,39-40H,7-9,13,16,25-26H2,1-6H3. The molecule has 0 bridgehead atoms. The maximum absolute atomic E-state index is 13.2. The summed E-state index contributed by atoms with van der Waals surface area (Å²) < 4.78 is 16.9. The Hall–Kier alpha value is -4.26. The Bertz CT molecular complexity index is 1420. The predicted molar refractivity (Wildman–Crippen MR) is 179 cm³/mol. The van der Waals surface area contributed by atoms with Crippen molar-refractivity contribution < 1.29 is 23.8 Å². The third-order valence-electron chi connectivity index (χ3n) is 7.76. The Balaban J connectivity index is 1.59. The van der Waals surface area contributed by atoms with E-state index in [1.807, 2.05) is 54.6 Å². The van der Waals surface area contributed by atoms with E-state index in [0.717, 1.165) is 44.1 Å². The van der Waals surface area contributed by atoms with Crippen LogP contribution in [0.4, 0.5) is 5.69 Å². The lowest BCUT2D eigenvalue weighted by molar-refractivity contribution is -0.222. The summed E-state index contributed by atoms with van der Waals surface area (Å²) >= 11 is 0. The molecule has 1 heterocycles. The summed E-state index contributed by atoms with van der Waals surface area (Å²) in [4.78, 5) is 26.4. The fraction of sp³-hybridized carbons (Fsp3) is 0.421. The number of ether oxygens (including phenoxy) is 3. The molecule has 0 radical (unpaired) electrons. The molecule has 1 saturated heterocycles. The first-order chi connectivity index (χ1) is 21.4. The summed E-state index contributed by atoms with van der Waals surface area (Å²) in [5, 5.41) is 6.82. The van der Waals surface area contributed by atoms with Crippen molar-refractivity contribution in [2.75, 3.05) is 5.32 Å². The quantitative estimate of drug-likeness (QED) is 0.0822. The number of carbonyl (C=O) groups is 2. The fourth-order valence-electron chi connectivity index (χ4n) is 5.22. The Morgan fingerprint density at radius 3 is 2.07 bits per heavy atom. The third-order valence-corrected chi connectivity index (χ3v) is 7.76. The number of nitrogens with one attached hydrogen (secondary N) is 2. The average molecular weight is 613 g/mol. The fourth-order valence-corrected chi connectivity index (χ4v) is 5.22. The van der Waals surface area contributed by atoms with Gasteiger partial charge in [-0.15, -0.1) is 0 Å². The Morgan fingerprint density at radius 2 is 1.47 bits per heavy atom. The van der Waals surface area contributed by atoms with Crippen LogP contribution < -0.4 is 15.4 Å². The molecule has 0 saturated carbocycles. The second kappa shape index (κ2) is 15.2. The number of unbranched alkanes of at least 4 members (excludes halogenated alkanes) is 3. The molecule has 1 fully saturated rings. The van der Waals surface area contributed by atoms with Gasteiger partial charge in [0, 0.05) is 25.6 Å². The van der Waals surface area contributed by atoms with Gasteiger partial charge in [-0.2, -0.15) is 0 Å². The van der Waals surface area contributed by atoms with E-state index in [4.69, 9.17) is 14.2 Å². The SMILES string of the molecule is CCCCCCC(Cc1ccc(C(C)(C)C)cc1)NC(Nc1ccc(OCc2ccccc2)cc1)=C1C(=O)OC(C)(C)OC1=O. The number of hydrogen-bond acceptors (Lipinski definition) is 7. The zero-order valence-electron chi connectivity index (χ0n) is 27.6. The van der Waals surface area contributed by atoms with Gasteiger partial charge in [0.1, 0.15) is 18.2 Å². The van der Waals surface area contributed by atoms with E-state index in [1.54, 1.807) is 13.8 Å². The Labute approximate surface area is 268 Å². The average Bonchev–Trinajstić information content (AvgIpc) is 2.98. The van der Waals surface area contributed by atoms with Gasteiger partial charge in [0.2, 0.25) is 0 Å². The molecular formula is C38H48N2O5. The first-order valence-corrected chi connectivity index (χ1v) is 16.0. The highest BCUT2D eigenvalue weighted by atomic mass is 16.7. The lowest BCUT2D eigenvalue weighted by Gasteiger charge is -2.32. The van der Waals surface area contributed by atoms with Gasteiger partial charge >= 0.3 is 11.9 Å². The van der Waals surface area contributed by atoms with Crippen LogP contribution in [0.25, 0.3) is 0 Å². The van der Waals surface area contributed by atoms with Crippen LogP contribution in [0.1, 0.15) is 90.3 Å². The highest BCUT2D eigenvalue weighted by molar-refractivity contribution is 6.16. The smallest absolute Gasteiger partial charge is 0.352 e. The number of cyclic esters (lactones) is 2. The molecule has 0 spiro atoms. The molecule has 45 heavy (non-hydrogen) atoms. The zero-order chi connectivity index (χ0) is 32.5. The van der Waals surface area contributed by atoms with Crippen molar-refractivity contribution in [3.05, 3.63) is 107 Å². The second-order valence-corrected chi connectivity index (χ2v) is 13.2. The van der Waals surface area contributed by atoms with Crippen molar-refractivity contribution in [2.24, 2.45) is 0 Å². The third kappa shape index (κ3) is 10.1. The van der Waals surface area contributed by atoms with E-state index in [9.17, 15) is 9.59 Å². The zero-order valence-corrected chi connectivity index (χ0v) is 27.6. The van der Waals surface area contributed by atoms with Crippen molar-refractivity contribution in [2.45, 2.75) is 104 Å². The molecular weight excluding hydrogens is 564 g/mol. The molecule has 7 nitrogen and oxygen atoms in total. The summed E-state index contributed by atoms with van der Waals surface area (Å²) in [5.41, 5.74) is 4.09. The highest BCUT2D eigenvalue weighted by Crippen LogP contribution is 2.27. The number of anilines is 1. The van der Waals surface area contributed by atoms with Gasteiger partial charge in [0.05, 0.1) is 0 Å². The summed E-state index contributed by atoms with van der Waals surface area (Å²) in [7, 11) is 0. The molecule has 1 aliphatic rings. The summed E-state index contributed by atoms with van der Waals surface area (Å²) in [5.74, 6) is -1.82. The molecule has 4 rings (SSSR count). The second-order valence-electron chi connectivity index (χ2n) is 13.2. The van der Waals surface area contributed by atoms with Crippen LogP contribution in [-0.4, -0.2) is 23.8 Å². The van der Waals surface area contributed by atoms with Gasteiger partial charge in [-0.25, -0.2) is 9.59 Å². The molecule has 0 amide bonds. The van der Waals surface area contributed by atoms with Gasteiger partial charge < -0.3 is 24.8 Å². The largest absolute Gasteiger partial charge is 0.489 e. The molecule has 0 aromatic heterocycles. The van der Waals surface area contributed by atoms with Gasteiger partial charge in [0.15, 0.2) is 5.57 Å². The van der Waals surface area contributed by atoms with Crippen LogP contribution in [0.2, 0.25) is 0 Å². The van der Waals surface area contributed by atoms with Crippen molar-refractivity contribution in [3.8, 4) is 5.75 Å². The van der Waals surface area contributed by atoms with Crippen LogP contribution in [0, 0.1) is 0 Å². The summed E-state index contributed by atoms with van der Waals surface area (Å²) in [6.45, 7) is 12.4. The lowest BCUT2D eigenvalue weighted by atomic mass is 9.86. The monoisotopic (exact) mass is 612 g/mol. The highest BCUT2D eigenvalue weighted by Gasteiger charge is 2.41. The van der Waals surface area contributed by atoms with Gasteiger partial charge in [-0.1, -0.05) is 108 Å². The van der Waals surface area contributed by atoms with Crippen molar-refractivity contribution in [1.29, 1.82) is 0 Å². The van der Waals surface area contributed by atoms with E-state index in [0.29, 0.717) is 18.0 Å². The van der Waals surface area contributed by atoms with Crippen molar-refractivity contribution in [1.82, 2.24) is 5.32 Å². The maximum Gasteiger partial charge on any atom is 0.352 e. The molecule has 3 aromatic rings. The van der Waals surface area contributed by atoms with Crippen LogP contribution >= 0.6 is 0 Å². The molecule has 1 aliphatic heterocycles. The molecule has 1 unspecified atom stereocenters. The summed E-state index contributed by atoms with van der Waals surface area (Å²) in [6.07, 6.45) is 6.01. The number of rotatable bonds is 14. The number of hydrogen-bond donors (Lipinski definition) is 2. The van der Waals surface area contributed by atoms with E-state index < -0.39 is 17.7 Å². The van der Waals surface area contributed by atoms with Gasteiger partial charge in [0.25, 0.3) is 5.79 Å². The van der Waals surface area contributed by atoms with Gasteiger partial charge in [-0.05, 0) is 59.2 Å². The first-order valence-electron chi connectivity index (χ1n) is 16.0. The molecule has 2 N–H and O–H groups in total. The minimum Gasteiger partial charge on any atom is -0.489 e. The molecule has 0 aliphatic carbocycles. The van der Waals surface area contributed by atoms with Crippen LogP contribution in [0.5, 0.6) is 5.75 Å². The van der Waals surface area contributed by atoms with Crippen LogP contribution in [0.3, 0.4) is 0 Å². The van der Waals surface area contributed by atoms with Crippen molar-refractivity contribution in [3.63, 3.8) is 0 Å². The maximum atomic E-state index is 13.2. The molecule has 7 heteroatoms. The number of benzene rings is 3.